The summed E-state index contributed by atoms with van der Waals surface area (Å²) >= 11 is 5.85. The van der Waals surface area contributed by atoms with E-state index >= 15 is 0 Å². The Labute approximate surface area is 94.6 Å². The van der Waals surface area contributed by atoms with Gasteiger partial charge in [0.15, 0.2) is 0 Å². The molecule has 0 heterocycles. The van der Waals surface area contributed by atoms with E-state index in [9.17, 15) is 4.79 Å². The third-order valence-corrected chi connectivity index (χ3v) is 2.30. The maximum Gasteiger partial charge on any atom is 0.239 e. The Bertz CT molecular complexity index is 341. The first-order valence-corrected chi connectivity index (χ1v) is 5.31. The van der Waals surface area contributed by atoms with Crippen molar-refractivity contribution in [1.82, 2.24) is 5.32 Å². The van der Waals surface area contributed by atoms with Crippen LogP contribution >= 0.6 is 11.6 Å². The number of amides is 1. The van der Waals surface area contributed by atoms with Crippen LogP contribution in [0.4, 0.5) is 0 Å². The molecule has 0 aliphatic carbocycles. The van der Waals surface area contributed by atoms with Crippen molar-refractivity contribution in [1.29, 1.82) is 0 Å². The Kier molecular flexibility index (Phi) is 4.59. The summed E-state index contributed by atoms with van der Waals surface area (Å²) < 4.78 is 0. The summed E-state index contributed by atoms with van der Waals surface area (Å²) in [5, 5.41) is 3.69. The van der Waals surface area contributed by atoms with Gasteiger partial charge >= 0.3 is 0 Å². The second-order valence-electron chi connectivity index (χ2n) is 3.34. The second kappa shape index (κ2) is 5.73. The highest BCUT2D eigenvalue weighted by atomic mass is 35.5. The number of nitrogens with two attached hydrogens (primary N) is 1. The first-order chi connectivity index (χ1) is 7.15. The van der Waals surface area contributed by atoms with Gasteiger partial charge in [0.05, 0.1) is 0 Å². The van der Waals surface area contributed by atoms with Crippen LogP contribution in [0.15, 0.2) is 24.3 Å². The predicted octanol–water partition coefficient (Wildman–Crippen LogP) is 1.87. The van der Waals surface area contributed by atoms with Crippen LogP contribution in [0.3, 0.4) is 0 Å². The number of nitrogens with one attached hydrogen (secondary N) is 1. The summed E-state index contributed by atoms with van der Waals surface area (Å²) in [4.78, 5) is 11.2. The van der Waals surface area contributed by atoms with Crippen LogP contribution in [0, 0.1) is 0 Å². The lowest BCUT2D eigenvalue weighted by Crippen LogP contribution is -2.34. The van der Waals surface area contributed by atoms with Gasteiger partial charge in [0.1, 0.15) is 6.04 Å². The number of carbonyl (C=O) groups is 1. The van der Waals surface area contributed by atoms with Crippen molar-refractivity contribution in [2.24, 2.45) is 5.73 Å². The van der Waals surface area contributed by atoms with E-state index in [2.05, 4.69) is 5.32 Å². The van der Waals surface area contributed by atoms with Gasteiger partial charge < -0.3 is 11.1 Å². The number of carbonyl (C=O) groups excluding carboxylic acids is 1. The third kappa shape index (κ3) is 3.53. The Morgan fingerprint density at radius 1 is 1.60 bits per heavy atom. The smallest absolute Gasteiger partial charge is 0.239 e. The van der Waals surface area contributed by atoms with Gasteiger partial charge in [-0.15, -0.1) is 0 Å². The molecule has 0 saturated heterocycles. The molecule has 15 heavy (non-hydrogen) atoms. The molecule has 0 radical (unpaired) electrons. The topological polar surface area (TPSA) is 55.1 Å². The van der Waals surface area contributed by atoms with Crippen LogP contribution in [0.1, 0.15) is 24.9 Å². The van der Waals surface area contributed by atoms with E-state index in [-0.39, 0.29) is 5.91 Å². The van der Waals surface area contributed by atoms with Crippen molar-refractivity contribution in [3.63, 3.8) is 0 Å². The average molecular weight is 227 g/mol. The number of benzene rings is 1. The molecule has 0 aromatic heterocycles. The minimum atomic E-state index is -0.455. The standard InChI is InChI=1S/C11H15ClN2O/c1-2-6-14-10(11(13)15)8-4-3-5-9(12)7-8/h3-5,7,10,14H,2,6H2,1H3,(H2,13,15). The van der Waals surface area contributed by atoms with E-state index in [0.717, 1.165) is 18.5 Å². The van der Waals surface area contributed by atoms with Crippen molar-refractivity contribution >= 4 is 17.5 Å². The van der Waals surface area contributed by atoms with Gasteiger partial charge in [-0.3, -0.25) is 4.79 Å². The highest BCUT2D eigenvalue weighted by Gasteiger charge is 2.16. The second-order valence-corrected chi connectivity index (χ2v) is 3.78. The van der Waals surface area contributed by atoms with Gasteiger partial charge in [0.2, 0.25) is 5.91 Å². The molecule has 3 nitrogen and oxygen atoms in total. The van der Waals surface area contributed by atoms with Gasteiger partial charge in [0, 0.05) is 5.02 Å². The minimum absolute atomic E-state index is 0.384. The molecule has 1 atom stereocenters. The lowest BCUT2D eigenvalue weighted by molar-refractivity contribution is -0.120. The molecule has 1 rings (SSSR count). The van der Waals surface area contributed by atoms with Gasteiger partial charge in [-0.2, -0.15) is 0 Å². The maximum absolute atomic E-state index is 11.2. The van der Waals surface area contributed by atoms with E-state index in [1.807, 2.05) is 13.0 Å². The fraction of sp³-hybridized carbons (Fsp3) is 0.364. The Morgan fingerprint density at radius 2 is 2.33 bits per heavy atom. The van der Waals surface area contributed by atoms with E-state index < -0.39 is 6.04 Å². The largest absolute Gasteiger partial charge is 0.368 e. The fourth-order valence-electron chi connectivity index (χ4n) is 1.36. The summed E-state index contributed by atoms with van der Waals surface area (Å²) in [6, 6.07) is 6.71. The number of rotatable bonds is 5. The number of halogens is 1. The molecule has 0 spiro atoms. The molecule has 0 bridgehead atoms. The Hall–Kier alpha value is -1.06. The van der Waals surface area contributed by atoms with Crippen LogP contribution in [-0.2, 0) is 4.79 Å². The quantitative estimate of drug-likeness (QED) is 0.806. The lowest BCUT2D eigenvalue weighted by atomic mass is 10.1. The summed E-state index contributed by atoms with van der Waals surface area (Å²) in [5.41, 5.74) is 6.12. The van der Waals surface area contributed by atoms with Crippen molar-refractivity contribution in [2.45, 2.75) is 19.4 Å². The van der Waals surface area contributed by atoms with Crippen LogP contribution in [0.5, 0.6) is 0 Å². The van der Waals surface area contributed by atoms with E-state index in [1.54, 1.807) is 18.2 Å². The molecular formula is C11H15ClN2O. The highest BCUT2D eigenvalue weighted by Crippen LogP contribution is 2.17. The molecule has 0 aliphatic rings. The monoisotopic (exact) mass is 226 g/mol. The molecule has 0 fully saturated rings. The van der Waals surface area contributed by atoms with Gasteiger partial charge in [-0.05, 0) is 30.7 Å². The number of hydrogen-bond acceptors (Lipinski definition) is 2. The van der Waals surface area contributed by atoms with Gasteiger partial charge in [-0.25, -0.2) is 0 Å². The first kappa shape index (κ1) is 12.0. The summed E-state index contributed by atoms with van der Waals surface area (Å²) in [5.74, 6) is -0.384. The zero-order valence-electron chi connectivity index (χ0n) is 8.66. The molecule has 0 aliphatic heterocycles. The SMILES string of the molecule is CCCNC(C(N)=O)c1cccc(Cl)c1. The van der Waals surface area contributed by atoms with Crippen molar-refractivity contribution in [3.05, 3.63) is 34.9 Å². The third-order valence-electron chi connectivity index (χ3n) is 2.06. The summed E-state index contributed by atoms with van der Waals surface area (Å²) in [7, 11) is 0. The fourth-order valence-corrected chi connectivity index (χ4v) is 1.56. The maximum atomic E-state index is 11.2. The molecule has 1 aromatic rings. The van der Waals surface area contributed by atoms with Crippen LogP contribution < -0.4 is 11.1 Å². The summed E-state index contributed by atoms with van der Waals surface area (Å²) in [6.07, 6.45) is 0.949. The van der Waals surface area contributed by atoms with Crippen molar-refractivity contribution < 1.29 is 4.79 Å². The predicted molar refractivity (Wildman–Crippen MR) is 61.7 cm³/mol. The lowest BCUT2D eigenvalue weighted by Gasteiger charge is -2.15. The molecular weight excluding hydrogens is 212 g/mol. The molecule has 1 amide bonds. The van der Waals surface area contributed by atoms with E-state index in [1.165, 1.54) is 0 Å². The Balaban J connectivity index is 2.84. The van der Waals surface area contributed by atoms with Crippen molar-refractivity contribution in [3.8, 4) is 0 Å². The van der Waals surface area contributed by atoms with Crippen LogP contribution in [-0.4, -0.2) is 12.5 Å². The van der Waals surface area contributed by atoms with E-state index in [0.29, 0.717) is 5.02 Å². The number of hydrogen-bond donors (Lipinski definition) is 2. The first-order valence-electron chi connectivity index (χ1n) is 4.93. The zero-order valence-corrected chi connectivity index (χ0v) is 9.42. The molecule has 0 saturated carbocycles. The average Bonchev–Trinajstić information content (AvgIpc) is 2.18. The highest BCUT2D eigenvalue weighted by molar-refractivity contribution is 6.30. The molecule has 3 N–H and O–H groups in total. The van der Waals surface area contributed by atoms with Gasteiger partial charge in [-0.1, -0.05) is 30.7 Å². The number of primary amides is 1. The molecule has 1 aromatic carbocycles. The normalized spacial score (nSPS) is 12.4. The van der Waals surface area contributed by atoms with E-state index in [4.69, 9.17) is 17.3 Å². The zero-order chi connectivity index (χ0) is 11.3. The molecule has 82 valence electrons. The van der Waals surface area contributed by atoms with Crippen molar-refractivity contribution in [2.75, 3.05) is 6.54 Å². The summed E-state index contributed by atoms with van der Waals surface area (Å²) in [6.45, 7) is 2.78. The molecule has 4 heteroatoms. The molecule has 1 unspecified atom stereocenters. The van der Waals surface area contributed by atoms with Crippen LogP contribution in [0.25, 0.3) is 0 Å². The van der Waals surface area contributed by atoms with Crippen LogP contribution in [0.2, 0.25) is 5.02 Å². The van der Waals surface area contributed by atoms with Gasteiger partial charge in [0.25, 0.3) is 0 Å². The Morgan fingerprint density at radius 3 is 2.87 bits per heavy atom. The minimum Gasteiger partial charge on any atom is -0.368 e.